The Morgan fingerprint density at radius 1 is 1.26 bits per heavy atom. The molecule has 126 valence electrons. The molecule has 1 aliphatic heterocycles. The summed E-state index contributed by atoms with van der Waals surface area (Å²) in [5.74, 6) is 0.877. The highest BCUT2D eigenvalue weighted by molar-refractivity contribution is 5.81. The fourth-order valence-electron chi connectivity index (χ4n) is 2.80. The Balaban J connectivity index is 1.96. The van der Waals surface area contributed by atoms with Crippen LogP contribution in [0.5, 0.6) is 5.75 Å². The van der Waals surface area contributed by atoms with Crippen LogP contribution in [0, 0.1) is 13.8 Å². The van der Waals surface area contributed by atoms with Crippen LogP contribution in [0.15, 0.2) is 30.9 Å². The van der Waals surface area contributed by atoms with Crippen molar-refractivity contribution in [2.75, 3.05) is 32.7 Å². The molecule has 0 spiro atoms. The zero-order valence-corrected chi connectivity index (χ0v) is 14.5. The lowest BCUT2D eigenvalue weighted by molar-refractivity contribution is -0.140. The van der Waals surface area contributed by atoms with Crippen LogP contribution in [-0.4, -0.2) is 54.5 Å². The molecule has 23 heavy (non-hydrogen) atoms. The molecule has 1 aliphatic rings. The van der Waals surface area contributed by atoms with Crippen LogP contribution in [0.4, 0.5) is 0 Å². The van der Waals surface area contributed by atoms with Gasteiger partial charge in [-0.05, 0) is 43.5 Å². The number of hydrogen-bond donors (Lipinski definition) is 0. The van der Waals surface area contributed by atoms with Gasteiger partial charge in [0.25, 0.3) is 5.91 Å². The van der Waals surface area contributed by atoms with Crippen LogP contribution in [-0.2, 0) is 4.79 Å². The Kier molecular flexibility index (Phi) is 6.22. The molecule has 0 N–H and O–H groups in total. The van der Waals surface area contributed by atoms with E-state index < -0.39 is 6.10 Å². The van der Waals surface area contributed by atoms with Gasteiger partial charge in [-0.25, -0.2) is 0 Å². The quantitative estimate of drug-likeness (QED) is 0.757. The zero-order valence-electron chi connectivity index (χ0n) is 14.5. The lowest BCUT2D eigenvalue weighted by atomic mass is 10.1. The number of amides is 1. The van der Waals surface area contributed by atoms with E-state index in [1.807, 2.05) is 36.1 Å². The molecule has 4 heteroatoms. The van der Waals surface area contributed by atoms with Gasteiger partial charge in [0.05, 0.1) is 0 Å². The van der Waals surface area contributed by atoms with Gasteiger partial charge < -0.3 is 9.64 Å². The summed E-state index contributed by atoms with van der Waals surface area (Å²) in [7, 11) is 0. The third-order valence-electron chi connectivity index (χ3n) is 4.47. The molecule has 1 amide bonds. The second-order valence-corrected chi connectivity index (χ2v) is 6.18. The second kappa shape index (κ2) is 8.16. The SMILES string of the molecule is C=CCN1CCN(C(=O)[C@@H](CC)Oc2ccc(C)c(C)c2)CC1. The molecule has 0 aromatic heterocycles. The molecule has 4 nitrogen and oxygen atoms in total. The van der Waals surface area contributed by atoms with Gasteiger partial charge in [0.2, 0.25) is 0 Å². The van der Waals surface area contributed by atoms with Crippen molar-refractivity contribution in [1.82, 2.24) is 9.80 Å². The first-order valence-corrected chi connectivity index (χ1v) is 8.41. The third kappa shape index (κ3) is 4.58. The molecule has 0 radical (unpaired) electrons. The Morgan fingerprint density at radius 2 is 1.96 bits per heavy atom. The topological polar surface area (TPSA) is 32.8 Å². The minimum absolute atomic E-state index is 0.101. The van der Waals surface area contributed by atoms with E-state index in [1.165, 1.54) is 11.1 Å². The number of benzene rings is 1. The summed E-state index contributed by atoms with van der Waals surface area (Å²) >= 11 is 0. The van der Waals surface area contributed by atoms with Gasteiger partial charge >= 0.3 is 0 Å². The second-order valence-electron chi connectivity index (χ2n) is 6.18. The Morgan fingerprint density at radius 3 is 2.52 bits per heavy atom. The van der Waals surface area contributed by atoms with E-state index in [-0.39, 0.29) is 5.91 Å². The van der Waals surface area contributed by atoms with Gasteiger partial charge in [-0.3, -0.25) is 9.69 Å². The smallest absolute Gasteiger partial charge is 0.263 e. The van der Waals surface area contributed by atoms with Crippen molar-refractivity contribution >= 4 is 5.91 Å². The molecule has 1 aromatic carbocycles. The summed E-state index contributed by atoms with van der Waals surface area (Å²) in [6.07, 6.45) is 2.19. The van der Waals surface area contributed by atoms with Crippen molar-refractivity contribution in [3.8, 4) is 5.75 Å². The molecule has 1 heterocycles. The van der Waals surface area contributed by atoms with Gasteiger partial charge in [0.1, 0.15) is 5.75 Å². The number of hydrogen-bond acceptors (Lipinski definition) is 3. The van der Waals surface area contributed by atoms with Gasteiger partial charge in [-0.15, -0.1) is 6.58 Å². The molecule has 0 unspecified atom stereocenters. The summed E-state index contributed by atoms with van der Waals surface area (Å²) in [6.45, 7) is 14.1. The maximum atomic E-state index is 12.7. The standard InChI is InChI=1S/C19H28N2O2/c1-5-9-20-10-12-21(13-11-20)19(22)18(6-2)23-17-8-7-15(3)16(4)14-17/h5,7-8,14,18H,1,6,9-13H2,2-4H3/t18-/m1/s1. The van der Waals surface area contributed by atoms with Gasteiger partial charge in [0, 0.05) is 32.7 Å². The average Bonchev–Trinajstić information content (AvgIpc) is 2.56. The van der Waals surface area contributed by atoms with Crippen LogP contribution < -0.4 is 4.74 Å². The van der Waals surface area contributed by atoms with E-state index >= 15 is 0 Å². The normalized spacial score (nSPS) is 16.9. The fraction of sp³-hybridized carbons (Fsp3) is 0.526. The van der Waals surface area contributed by atoms with Crippen molar-refractivity contribution in [3.05, 3.63) is 42.0 Å². The highest BCUT2D eigenvalue weighted by Gasteiger charge is 2.27. The van der Waals surface area contributed by atoms with E-state index in [0.717, 1.165) is 38.5 Å². The van der Waals surface area contributed by atoms with Crippen LogP contribution in [0.1, 0.15) is 24.5 Å². The van der Waals surface area contributed by atoms with E-state index in [9.17, 15) is 4.79 Å². The third-order valence-corrected chi connectivity index (χ3v) is 4.47. The maximum absolute atomic E-state index is 12.7. The van der Waals surface area contributed by atoms with E-state index in [1.54, 1.807) is 0 Å². The first-order chi connectivity index (χ1) is 11.0. The Bertz CT molecular complexity index is 548. The Labute approximate surface area is 139 Å². The highest BCUT2D eigenvalue weighted by Crippen LogP contribution is 2.19. The minimum atomic E-state index is -0.400. The number of carbonyl (C=O) groups is 1. The van der Waals surface area contributed by atoms with Gasteiger partial charge in [-0.1, -0.05) is 19.1 Å². The summed E-state index contributed by atoms with van der Waals surface area (Å²) in [4.78, 5) is 16.9. The molecule has 2 rings (SSSR count). The van der Waals surface area contributed by atoms with Crippen LogP contribution in [0.3, 0.4) is 0 Å². The number of rotatable bonds is 6. The number of piperazine rings is 1. The summed E-state index contributed by atoms with van der Waals surface area (Å²) in [5, 5.41) is 0. The highest BCUT2D eigenvalue weighted by atomic mass is 16.5. The Hall–Kier alpha value is -1.81. The van der Waals surface area contributed by atoms with Crippen molar-refractivity contribution in [1.29, 1.82) is 0 Å². The first kappa shape index (κ1) is 17.5. The molecule has 0 aliphatic carbocycles. The number of carbonyl (C=O) groups excluding carboxylic acids is 1. The largest absolute Gasteiger partial charge is 0.481 e. The summed E-state index contributed by atoms with van der Waals surface area (Å²) in [6, 6.07) is 5.99. The van der Waals surface area contributed by atoms with E-state index in [4.69, 9.17) is 4.74 Å². The zero-order chi connectivity index (χ0) is 16.8. The number of aryl methyl sites for hydroxylation is 2. The lowest BCUT2D eigenvalue weighted by Crippen LogP contribution is -2.52. The van der Waals surface area contributed by atoms with Crippen molar-refractivity contribution < 1.29 is 9.53 Å². The first-order valence-electron chi connectivity index (χ1n) is 8.41. The number of ether oxygens (including phenoxy) is 1. The lowest BCUT2D eigenvalue weighted by Gasteiger charge is -2.35. The van der Waals surface area contributed by atoms with E-state index in [2.05, 4.69) is 25.3 Å². The minimum Gasteiger partial charge on any atom is -0.481 e. The summed E-state index contributed by atoms with van der Waals surface area (Å²) in [5.41, 5.74) is 2.41. The van der Waals surface area contributed by atoms with Crippen molar-refractivity contribution in [2.45, 2.75) is 33.3 Å². The predicted molar refractivity (Wildman–Crippen MR) is 93.8 cm³/mol. The molecular formula is C19H28N2O2. The average molecular weight is 316 g/mol. The predicted octanol–water partition coefficient (Wildman–Crippen LogP) is 2.79. The van der Waals surface area contributed by atoms with Crippen LogP contribution >= 0.6 is 0 Å². The van der Waals surface area contributed by atoms with Crippen LogP contribution in [0.25, 0.3) is 0 Å². The monoisotopic (exact) mass is 316 g/mol. The molecule has 0 saturated carbocycles. The molecule has 0 bridgehead atoms. The fourth-order valence-corrected chi connectivity index (χ4v) is 2.80. The summed E-state index contributed by atoms with van der Waals surface area (Å²) < 4.78 is 5.97. The van der Waals surface area contributed by atoms with Gasteiger partial charge in [0.15, 0.2) is 6.10 Å². The molecule has 1 atom stereocenters. The van der Waals surface area contributed by atoms with Gasteiger partial charge in [-0.2, -0.15) is 0 Å². The number of nitrogens with zero attached hydrogens (tertiary/aromatic N) is 2. The molecule has 1 aromatic rings. The van der Waals surface area contributed by atoms with Crippen LogP contribution in [0.2, 0.25) is 0 Å². The molecular weight excluding hydrogens is 288 g/mol. The van der Waals surface area contributed by atoms with Crippen molar-refractivity contribution in [3.63, 3.8) is 0 Å². The maximum Gasteiger partial charge on any atom is 0.263 e. The molecule has 1 saturated heterocycles. The molecule has 1 fully saturated rings. The van der Waals surface area contributed by atoms with Crippen molar-refractivity contribution in [2.24, 2.45) is 0 Å². The van der Waals surface area contributed by atoms with E-state index in [0.29, 0.717) is 6.42 Å².